The van der Waals surface area contributed by atoms with Gasteiger partial charge in [-0.1, -0.05) is 6.07 Å². The predicted octanol–water partition coefficient (Wildman–Crippen LogP) is 2.86. The molecule has 2 amide bonds. The van der Waals surface area contributed by atoms with Gasteiger partial charge in [-0.25, -0.2) is 9.78 Å². The van der Waals surface area contributed by atoms with Crippen LogP contribution in [0.3, 0.4) is 0 Å². The molecule has 1 saturated heterocycles. The molecule has 3 aromatic rings. The molecule has 178 valence electrons. The van der Waals surface area contributed by atoms with Gasteiger partial charge in [0.05, 0.1) is 22.4 Å². The van der Waals surface area contributed by atoms with Crippen LogP contribution in [0.25, 0.3) is 11.1 Å². The molecule has 1 atom stereocenters. The van der Waals surface area contributed by atoms with E-state index in [-0.39, 0.29) is 42.0 Å². The van der Waals surface area contributed by atoms with E-state index in [9.17, 15) is 24.5 Å². The number of benzene rings is 1. The van der Waals surface area contributed by atoms with Crippen molar-refractivity contribution >= 4 is 34.4 Å². The molecular formula is C23H25N5O6. The second kappa shape index (κ2) is 9.86. The number of nitro benzene ring substituents is 1. The highest BCUT2D eigenvalue weighted by molar-refractivity contribution is 5.92. The summed E-state index contributed by atoms with van der Waals surface area (Å²) in [6.45, 7) is 3.02. The largest absolute Gasteiger partial charge is 0.419 e. The Morgan fingerprint density at radius 1 is 1.29 bits per heavy atom. The van der Waals surface area contributed by atoms with Gasteiger partial charge in [-0.15, -0.1) is 0 Å². The minimum atomic E-state index is -0.623. The van der Waals surface area contributed by atoms with E-state index in [1.54, 1.807) is 11.0 Å². The van der Waals surface area contributed by atoms with Gasteiger partial charge in [0.25, 0.3) is 5.69 Å². The second-order valence-electron chi connectivity index (χ2n) is 8.36. The van der Waals surface area contributed by atoms with Crippen molar-refractivity contribution in [1.82, 2.24) is 14.5 Å². The number of non-ortho nitro benzene ring substituents is 1. The highest BCUT2D eigenvalue weighted by Crippen LogP contribution is 2.22. The number of aryl methyl sites for hydroxylation is 2. The molecule has 1 aliphatic rings. The van der Waals surface area contributed by atoms with Crippen molar-refractivity contribution in [3.63, 3.8) is 0 Å². The molecule has 11 heteroatoms. The van der Waals surface area contributed by atoms with E-state index in [1.165, 1.54) is 22.8 Å². The molecule has 3 heterocycles. The maximum atomic E-state index is 12.8. The molecule has 0 bridgehead atoms. The zero-order chi connectivity index (χ0) is 24.2. The Labute approximate surface area is 194 Å². The molecule has 1 unspecified atom stereocenters. The van der Waals surface area contributed by atoms with E-state index in [0.29, 0.717) is 37.3 Å². The number of piperidine rings is 1. The van der Waals surface area contributed by atoms with E-state index in [4.69, 9.17) is 4.42 Å². The molecule has 2 aromatic heterocycles. The topological polar surface area (TPSA) is 141 Å². The molecule has 34 heavy (non-hydrogen) atoms. The zero-order valence-electron chi connectivity index (χ0n) is 18.7. The smallest absolute Gasteiger partial charge is 0.407 e. The van der Waals surface area contributed by atoms with Gasteiger partial charge in [0.1, 0.15) is 5.82 Å². The van der Waals surface area contributed by atoms with Crippen molar-refractivity contribution in [2.45, 2.75) is 39.2 Å². The summed E-state index contributed by atoms with van der Waals surface area (Å²) in [4.78, 5) is 53.9. The lowest BCUT2D eigenvalue weighted by Gasteiger charge is -2.32. The van der Waals surface area contributed by atoms with Crippen LogP contribution in [-0.2, 0) is 16.1 Å². The summed E-state index contributed by atoms with van der Waals surface area (Å²) in [5.41, 5.74) is 1.23. The summed E-state index contributed by atoms with van der Waals surface area (Å²) in [7, 11) is 0. The number of oxazole rings is 1. The summed E-state index contributed by atoms with van der Waals surface area (Å²) in [5.74, 6) is -0.668. The first-order chi connectivity index (χ1) is 16.3. The van der Waals surface area contributed by atoms with Gasteiger partial charge >= 0.3 is 5.76 Å². The Morgan fingerprint density at radius 3 is 2.88 bits per heavy atom. The first kappa shape index (κ1) is 23.1. The highest BCUT2D eigenvalue weighted by atomic mass is 16.6. The van der Waals surface area contributed by atoms with Crippen LogP contribution in [0.15, 0.2) is 45.6 Å². The number of hydrogen-bond donors (Lipinski definition) is 1. The molecule has 11 nitrogen and oxygen atoms in total. The summed E-state index contributed by atoms with van der Waals surface area (Å²) in [6.07, 6.45) is 2.03. The molecule has 1 N–H and O–H groups in total. The molecule has 0 aliphatic carbocycles. The fourth-order valence-electron chi connectivity index (χ4n) is 4.19. The lowest BCUT2D eigenvalue weighted by atomic mass is 9.96. The van der Waals surface area contributed by atoms with Gasteiger partial charge in [-0.2, -0.15) is 0 Å². The Balaban J connectivity index is 1.32. The van der Waals surface area contributed by atoms with Crippen LogP contribution in [0.4, 0.5) is 11.5 Å². The average Bonchev–Trinajstić information content (AvgIpc) is 3.13. The van der Waals surface area contributed by atoms with Gasteiger partial charge < -0.3 is 14.6 Å². The van der Waals surface area contributed by atoms with Crippen LogP contribution in [0.1, 0.15) is 31.4 Å². The molecule has 1 aliphatic heterocycles. The van der Waals surface area contributed by atoms with Crippen LogP contribution < -0.4 is 11.1 Å². The number of fused-ring (bicyclic) bond motifs is 1. The maximum absolute atomic E-state index is 12.8. The van der Waals surface area contributed by atoms with Gasteiger partial charge in [0.2, 0.25) is 11.8 Å². The molecular weight excluding hydrogens is 442 g/mol. The van der Waals surface area contributed by atoms with Crippen molar-refractivity contribution in [2.24, 2.45) is 5.92 Å². The fraction of sp³-hybridized carbons (Fsp3) is 0.391. The number of likely N-dealkylation sites (tertiary alicyclic amines) is 1. The number of carbonyl (C=O) groups is 2. The third-order valence-corrected chi connectivity index (χ3v) is 5.92. The normalized spacial score (nSPS) is 15.9. The molecule has 1 aromatic carbocycles. The van der Waals surface area contributed by atoms with Crippen LogP contribution in [0.5, 0.6) is 0 Å². The standard InChI is InChI=1S/C23H25N5O6/c1-15-5-2-7-20(24-15)25-22(30)16-6-3-11-26(14-16)21(29)8-4-12-27-18-10-9-17(28(32)33)13-19(18)34-23(27)31/h2,5,7,9-10,13,16H,3-4,6,8,11-12,14H2,1H3,(H,24,25,30). The summed E-state index contributed by atoms with van der Waals surface area (Å²) in [5, 5.41) is 13.7. The SMILES string of the molecule is Cc1cccc(NC(=O)C2CCCN(C(=O)CCCn3c(=O)oc4cc([N+](=O)[O-])ccc43)C2)n1. The number of hydrogen-bond acceptors (Lipinski definition) is 7. The third-order valence-electron chi connectivity index (χ3n) is 5.92. The van der Waals surface area contributed by atoms with E-state index in [2.05, 4.69) is 10.3 Å². The number of anilines is 1. The molecule has 1 fully saturated rings. The molecule has 0 spiro atoms. The fourth-order valence-corrected chi connectivity index (χ4v) is 4.19. The van der Waals surface area contributed by atoms with E-state index >= 15 is 0 Å². The average molecular weight is 467 g/mol. The number of nitrogens with zero attached hydrogens (tertiary/aromatic N) is 4. The van der Waals surface area contributed by atoms with Crippen molar-refractivity contribution in [2.75, 3.05) is 18.4 Å². The van der Waals surface area contributed by atoms with Crippen molar-refractivity contribution in [3.8, 4) is 0 Å². The Hall–Kier alpha value is -4.02. The molecule has 4 rings (SSSR count). The van der Waals surface area contributed by atoms with Gasteiger partial charge in [0, 0.05) is 37.8 Å². The zero-order valence-corrected chi connectivity index (χ0v) is 18.7. The quantitative estimate of drug-likeness (QED) is 0.416. The van der Waals surface area contributed by atoms with Crippen LogP contribution in [-0.4, -0.2) is 44.3 Å². The summed E-state index contributed by atoms with van der Waals surface area (Å²) in [6, 6.07) is 9.40. The predicted molar refractivity (Wildman–Crippen MR) is 123 cm³/mol. The monoisotopic (exact) mass is 467 g/mol. The first-order valence-corrected chi connectivity index (χ1v) is 11.1. The Kier molecular flexibility index (Phi) is 6.71. The lowest BCUT2D eigenvalue weighted by Crippen LogP contribution is -2.43. The van der Waals surface area contributed by atoms with Crippen molar-refractivity contribution < 1.29 is 18.9 Å². The Morgan fingerprint density at radius 2 is 2.12 bits per heavy atom. The Bertz CT molecular complexity index is 1300. The van der Waals surface area contributed by atoms with E-state index in [0.717, 1.165) is 12.1 Å². The van der Waals surface area contributed by atoms with Crippen molar-refractivity contribution in [1.29, 1.82) is 0 Å². The lowest BCUT2D eigenvalue weighted by molar-refractivity contribution is -0.384. The van der Waals surface area contributed by atoms with E-state index < -0.39 is 10.7 Å². The van der Waals surface area contributed by atoms with Crippen LogP contribution in [0.2, 0.25) is 0 Å². The molecule has 0 radical (unpaired) electrons. The summed E-state index contributed by atoms with van der Waals surface area (Å²) < 4.78 is 6.49. The molecule has 0 saturated carbocycles. The number of nitrogens with one attached hydrogen (secondary N) is 1. The van der Waals surface area contributed by atoms with Gasteiger partial charge in [0.15, 0.2) is 5.58 Å². The second-order valence-corrected chi connectivity index (χ2v) is 8.36. The number of pyridine rings is 1. The summed E-state index contributed by atoms with van der Waals surface area (Å²) >= 11 is 0. The van der Waals surface area contributed by atoms with Crippen LogP contribution in [0, 0.1) is 23.0 Å². The number of rotatable bonds is 7. The van der Waals surface area contributed by atoms with Crippen molar-refractivity contribution in [3.05, 3.63) is 62.8 Å². The number of carbonyl (C=O) groups excluding carboxylic acids is 2. The number of amides is 2. The van der Waals surface area contributed by atoms with Crippen LogP contribution >= 0.6 is 0 Å². The highest BCUT2D eigenvalue weighted by Gasteiger charge is 2.28. The number of aromatic nitrogens is 2. The van der Waals surface area contributed by atoms with Gasteiger partial charge in [-0.3, -0.25) is 24.3 Å². The number of nitro groups is 1. The van der Waals surface area contributed by atoms with E-state index in [1.807, 2.05) is 19.1 Å². The third kappa shape index (κ3) is 5.13. The minimum Gasteiger partial charge on any atom is -0.407 e. The maximum Gasteiger partial charge on any atom is 0.419 e. The minimum absolute atomic E-state index is 0.0809. The van der Waals surface area contributed by atoms with Gasteiger partial charge in [-0.05, 0) is 44.4 Å². The first-order valence-electron chi connectivity index (χ1n) is 11.1.